The van der Waals surface area contributed by atoms with E-state index >= 15 is 0 Å². The zero-order chi connectivity index (χ0) is 96.2. The van der Waals surface area contributed by atoms with E-state index < -0.39 is 36.0 Å². The molecule has 8 aliphatic rings. The Balaban J connectivity index is 0.000000160. The molecule has 7 fully saturated rings. The number of fused-ring (bicyclic) bond motifs is 10. The van der Waals surface area contributed by atoms with Gasteiger partial charge in [-0.1, -0.05) is 144 Å². The van der Waals surface area contributed by atoms with Crippen molar-refractivity contribution in [2.45, 2.75) is 240 Å². The van der Waals surface area contributed by atoms with Crippen LogP contribution in [0.3, 0.4) is 0 Å². The van der Waals surface area contributed by atoms with Gasteiger partial charge in [0.15, 0.2) is 17.4 Å². The van der Waals surface area contributed by atoms with Crippen molar-refractivity contribution in [3.63, 3.8) is 0 Å². The van der Waals surface area contributed by atoms with Crippen molar-refractivity contribution in [3.8, 4) is 0 Å². The lowest BCUT2D eigenvalue weighted by Crippen LogP contribution is -2.43. The quantitative estimate of drug-likeness (QED) is 0.0194. The Morgan fingerprint density at radius 1 is 0.438 bits per heavy atom. The van der Waals surface area contributed by atoms with Crippen LogP contribution in [-0.4, -0.2) is 215 Å². The molecule has 23 rings (SSSR count). The van der Waals surface area contributed by atoms with Crippen molar-refractivity contribution in [2.24, 2.45) is 23.7 Å². The van der Waals surface area contributed by atoms with E-state index in [0.29, 0.717) is 57.2 Å². The highest BCUT2D eigenvalue weighted by molar-refractivity contribution is 9.10. The lowest BCUT2D eigenvalue weighted by atomic mass is 9.95. The molecule has 0 amide bonds. The Hall–Kier alpha value is -11.1. The van der Waals surface area contributed by atoms with E-state index in [-0.39, 0.29) is 105 Å². The van der Waals surface area contributed by atoms with E-state index in [0.717, 1.165) is 182 Å². The van der Waals surface area contributed by atoms with E-state index in [9.17, 15) is 20.4 Å². The van der Waals surface area contributed by atoms with E-state index in [4.69, 9.17) is 68.3 Å². The Kier molecular flexibility index (Phi) is 38.0. The lowest BCUT2D eigenvalue weighted by molar-refractivity contribution is -0.160. The number of anilines is 6. The average Bonchev–Trinajstić information content (AvgIpc) is 1.59. The van der Waals surface area contributed by atoms with Gasteiger partial charge in [-0.05, 0) is 243 Å². The van der Waals surface area contributed by atoms with Crippen LogP contribution in [0.25, 0.3) is 76.7 Å². The van der Waals surface area contributed by atoms with Crippen LogP contribution < -0.4 is 31.6 Å². The number of hydrogen-bond donors (Lipinski definition) is 9. The molecule has 0 radical (unpaired) electrons. The molecule has 4 aliphatic heterocycles. The van der Waals surface area contributed by atoms with Crippen molar-refractivity contribution in [3.05, 3.63) is 238 Å². The maximum atomic E-state index is 10.9. The summed E-state index contributed by atoms with van der Waals surface area (Å²) in [6.07, 6.45) is 22.4. The summed E-state index contributed by atoms with van der Waals surface area (Å²) in [5.74, 6) is 4.47. The smallest absolute Gasteiger partial charge is 0.163 e. The molecule has 1 unspecified atom stereocenters. The first-order chi connectivity index (χ1) is 66.8. The first kappa shape index (κ1) is 112. The fourth-order valence-electron chi connectivity index (χ4n) is 21.0. The van der Waals surface area contributed by atoms with Crippen molar-refractivity contribution in [1.29, 1.82) is 0 Å². The highest BCUT2D eigenvalue weighted by Gasteiger charge is 2.57. The summed E-state index contributed by atoms with van der Waals surface area (Å²) in [7, 11) is 9.00. The van der Waals surface area contributed by atoms with Crippen LogP contribution in [0.15, 0.2) is 201 Å². The number of ether oxygens (including phenoxy) is 5. The molecule has 144 heavy (non-hydrogen) atoms. The summed E-state index contributed by atoms with van der Waals surface area (Å²) in [4.78, 5) is 59.8. The monoisotopic (exact) mass is 2090 g/mol. The highest BCUT2D eigenvalue weighted by atomic mass is 79.9. The third-order valence-corrected chi connectivity index (χ3v) is 29.3. The number of pyridine rings is 4. The van der Waals surface area contributed by atoms with Gasteiger partial charge in [0, 0.05) is 104 Å². The molecule has 0 spiro atoms. The number of hydrogen-bond acceptors (Lipinski definition) is 28. The van der Waals surface area contributed by atoms with Gasteiger partial charge in [-0.2, -0.15) is 0 Å². The fourth-order valence-corrected chi connectivity index (χ4v) is 21.9. The zero-order valence-corrected chi connectivity index (χ0v) is 82.4. The predicted octanol–water partition coefficient (Wildman–Crippen LogP) is 22.1. The van der Waals surface area contributed by atoms with Gasteiger partial charge in [-0.25, -0.2) is 65.3 Å². The van der Waals surface area contributed by atoms with Gasteiger partial charge in [-0.3, -0.25) is 4.84 Å². The van der Waals surface area contributed by atoms with Gasteiger partial charge in [0.25, 0.3) is 0 Å². The van der Waals surface area contributed by atoms with Crippen LogP contribution in [0.2, 0.25) is 15.5 Å². The molecule has 0 bridgehead atoms. The Bertz CT molecular complexity index is 6830. The molecule has 35 heteroatoms. The van der Waals surface area contributed by atoms with Gasteiger partial charge in [0.05, 0.1) is 93.9 Å². The second-order valence-electron chi connectivity index (χ2n) is 37.3. The number of aliphatic hydroxyl groups is 4. The molecule has 9 N–H and O–H groups in total. The number of aryl methyl sites for hydroxylation is 3. The summed E-state index contributed by atoms with van der Waals surface area (Å²) in [6.45, 7) is 14.8. The number of aliphatic hydroxyl groups excluding tert-OH is 4. The summed E-state index contributed by atoms with van der Waals surface area (Å²) in [5, 5.41) is 63.8. The van der Waals surface area contributed by atoms with Gasteiger partial charge in [0.2, 0.25) is 0 Å². The minimum Gasteiger partial charge on any atom is -0.390 e. The number of benzene rings is 4. The van der Waals surface area contributed by atoms with Gasteiger partial charge in [0.1, 0.15) is 111 Å². The maximum absolute atomic E-state index is 10.9. The summed E-state index contributed by atoms with van der Waals surface area (Å²) in [5.41, 5.74) is 13.6. The molecule has 3 saturated heterocycles. The predicted molar refractivity (Wildman–Crippen MR) is 585 cm³/mol. The van der Waals surface area contributed by atoms with Crippen molar-refractivity contribution < 1.29 is 48.9 Å². The lowest BCUT2D eigenvalue weighted by Gasteiger charge is -2.30. The molecular formula is C109H141BrCl3N21O10. The molecule has 770 valence electrons. The largest absolute Gasteiger partial charge is 0.390 e. The summed E-state index contributed by atoms with van der Waals surface area (Å²) >= 11 is 22.1. The van der Waals surface area contributed by atoms with Crippen LogP contribution in [0, 0.1) is 23.7 Å². The second kappa shape index (κ2) is 49.0. The van der Waals surface area contributed by atoms with Crippen LogP contribution in [-0.2, 0) is 54.2 Å². The Morgan fingerprint density at radius 2 is 0.819 bits per heavy atom. The molecule has 4 aromatic carbocycles. The molecule has 15 heterocycles. The molecule has 4 saturated carbocycles. The molecular weight excluding hydrogens is 1950 g/mol. The highest BCUT2D eigenvalue weighted by Crippen LogP contribution is 2.51. The summed E-state index contributed by atoms with van der Waals surface area (Å²) < 4.78 is 37.2. The fraction of sp³-hybridized carbons (Fsp3) is 0.450. The van der Waals surface area contributed by atoms with Crippen LogP contribution >= 0.6 is 50.7 Å². The summed E-state index contributed by atoms with van der Waals surface area (Å²) in [6, 6.07) is 47.0. The Morgan fingerprint density at radius 3 is 1.26 bits per heavy atom. The first-order valence-corrected chi connectivity index (χ1v) is 49.2. The molecule has 16 atom stereocenters. The Labute approximate surface area is 868 Å². The number of aromatic nitrogens is 15. The van der Waals surface area contributed by atoms with Crippen molar-refractivity contribution >= 4 is 162 Å². The second-order valence-corrected chi connectivity index (χ2v) is 39.3. The van der Waals surface area contributed by atoms with Gasteiger partial charge >= 0.3 is 0 Å². The number of halogens is 4. The van der Waals surface area contributed by atoms with Crippen molar-refractivity contribution in [2.75, 3.05) is 86.7 Å². The third-order valence-electron chi connectivity index (χ3n) is 27.9. The van der Waals surface area contributed by atoms with Crippen LogP contribution in [0.1, 0.15) is 170 Å². The number of nitrogens with one attached hydrogen (secondary N) is 5. The number of nitrogens with zero attached hydrogens (tertiary/aromatic N) is 16. The molecule has 15 aromatic rings. The van der Waals surface area contributed by atoms with Gasteiger partial charge < -0.3 is 84.0 Å². The van der Waals surface area contributed by atoms with Crippen LogP contribution in [0.4, 0.5) is 34.9 Å². The normalized spacial score (nSPS) is 23.6. The maximum Gasteiger partial charge on any atom is 0.163 e. The first-order valence-electron chi connectivity index (χ1n) is 47.3. The zero-order valence-electron chi connectivity index (χ0n) is 78.6. The third kappa shape index (κ3) is 24.3. The molecule has 11 aromatic heterocycles. The molecule has 31 nitrogen and oxygen atoms in total. The topological polar surface area (TPSA) is 369 Å². The van der Waals surface area contributed by atoms with Crippen LogP contribution in [0.5, 0.6) is 0 Å². The van der Waals surface area contributed by atoms with Crippen molar-refractivity contribution in [1.82, 2.24) is 73.5 Å². The van der Waals surface area contributed by atoms with Gasteiger partial charge in [-0.15, -0.1) is 6.58 Å². The minimum atomic E-state index is -0.865. The average molecular weight is 2090 g/mol. The van der Waals surface area contributed by atoms with E-state index in [1.54, 1.807) is 0 Å². The minimum absolute atomic E-state index is 0. The van der Waals surface area contributed by atoms with E-state index in [2.05, 4.69) is 199 Å². The van der Waals surface area contributed by atoms with E-state index in [1.165, 1.54) is 62.0 Å². The standard InChI is InChI=1S/C26H28ClN5O2.C24H28N6O3.C23H24ClN5O2.C16H20ClN3O2.C10H9BrN2.C4H8O.6CH4/c1-26(2)33-22-17(7-5-15-4-6-16-8-9-21(28-3)31-19(16)12-15)13-20(23(22)34-26)32-11-10-18-24(27)29-14-30-25(18)32;1-25-20-8-7-15-5-3-14(11-18(15)28-20)4-6-16-12-19(22(32)21(16)31)30-10-9-17-23(29-33-2)26-13-27-24(17)30;1-25-19-7-6-14-4-2-13(10-17(14)28-19)3-5-15-11-18(21(31)20(15)30)29-9-8-16-22(24)26-12-27-23(16)29;1-4-9-7-11(13-12(9)21-16(2,3)22-13)20-6-5-10-14(17)18-8-19-15(10)20;1-12-10-5-3-7-2-4-8(11)6-9(7)13-10;1-2-4-5-3-1;;;;;;/h4,6,8-12,14,17,20,22-23H,5,7,13H2,1-3H3,(H,28,31);3,5,7-11,13,16,19,21-22,31-32H,4,6,12H2,1-2H3,(H,25,28)(H,26,27,29);2,4,6-10,12,15,18,20-21,30-31H,3,5,11H2,1H3,(H,25,28);4,8-9,11-13H,1,5-7H2,2-3H3;2-6H,1H3,(H,12,13);1-4H2;6*1H4/t17-,20+,22+,23-;16-,19+,21+,22-;15-,18+,20+,21-;9-,11+,12+,13?;;;;;;;;/m0000......../s1. The number of rotatable bonds is 20. The molecule has 4 aliphatic carbocycles. The SMILES string of the molecule is C.C.C.C.C.C.C1CCOC1.C=C[C@H]1C[C@@H](N2CCc3c(Cl)ncnc32)C2OC(C)(C)O[C@@H]21.CNc1ccc2ccc(Br)cc2n1.CNc1ccc2ccc(CC[C@H]3C[C@@H](n4ccc5c(Cl)ncnc54)[C@@H]4OC(C)(C)O[C@H]34)cc2n1.CNc1ccc2ccc(CC[C@H]3C[C@@H](n4ccc5c(Cl)ncnc54)[C@H](O)[C@@H]3O)cc2n1.CNc1ccc2ccc(CC[C@H]3C[C@@H](n4ccc5c(NOC)ncnc54)[C@H](O)[C@@H]3O)cc2n1. The van der Waals surface area contributed by atoms with E-state index in [1.807, 2.05) is 144 Å².